The van der Waals surface area contributed by atoms with Gasteiger partial charge in [0, 0.05) is 16.3 Å². The molecule has 0 spiro atoms. The Morgan fingerprint density at radius 2 is 1.82 bits per heavy atom. The highest BCUT2D eigenvalue weighted by Gasteiger charge is 2.46. The standard InChI is InChI=1S/C17H16ClNO3/c1-17(13-8-10(18)4-7-15(13)22-3)12-9-11(21-2)5-6-14(12)19-16(17)20/h4-9H,1-3H3,(H,19,20). The predicted molar refractivity (Wildman–Crippen MR) is 86.1 cm³/mol. The number of ether oxygens (including phenoxy) is 2. The summed E-state index contributed by atoms with van der Waals surface area (Å²) >= 11 is 6.14. The lowest BCUT2D eigenvalue weighted by Gasteiger charge is -2.25. The van der Waals surface area contributed by atoms with Crippen molar-refractivity contribution >= 4 is 23.2 Å². The first-order chi connectivity index (χ1) is 10.5. The van der Waals surface area contributed by atoms with Gasteiger partial charge in [-0.25, -0.2) is 0 Å². The molecule has 1 atom stereocenters. The Balaban J connectivity index is 2.26. The number of halogens is 1. The van der Waals surface area contributed by atoms with Gasteiger partial charge in [0.2, 0.25) is 5.91 Å². The molecule has 3 rings (SSSR count). The summed E-state index contributed by atoms with van der Waals surface area (Å²) < 4.78 is 10.7. The van der Waals surface area contributed by atoms with Crippen LogP contribution in [0.25, 0.3) is 0 Å². The molecule has 1 N–H and O–H groups in total. The van der Waals surface area contributed by atoms with Crippen molar-refractivity contribution in [1.29, 1.82) is 0 Å². The molecule has 0 aromatic heterocycles. The van der Waals surface area contributed by atoms with Crippen molar-refractivity contribution in [1.82, 2.24) is 0 Å². The third-order valence-electron chi connectivity index (χ3n) is 4.17. The molecule has 2 aromatic carbocycles. The number of carbonyl (C=O) groups is 1. The second-order valence-electron chi connectivity index (χ2n) is 5.34. The fourth-order valence-electron chi connectivity index (χ4n) is 2.88. The maximum atomic E-state index is 12.7. The van der Waals surface area contributed by atoms with E-state index in [1.54, 1.807) is 32.4 Å². The summed E-state index contributed by atoms with van der Waals surface area (Å²) in [7, 11) is 3.18. The number of methoxy groups -OCH3 is 2. The molecular weight excluding hydrogens is 302 g/mol. The Morgan fingerprint density at radius 1 is 1.05 bits per heavy atom. The topological polar surface area (TPSA) is 47.6 Å². The minimum Gasteiger partial charge on any atom is -0.497 e. The van der Waals surface area contributed by atoms with Crippen LogP contribution in [0, 0.1) is 0 Å². The van der Waals surface area contributed by atoms with E-state index in [1.165, 1.54) is 0 Å². The second kappa shape index (κ2) is 5.21. The van der Waals surface area contributed by atoms with Crippen molar-refractivity contribution in [3.8, 4) is 11.5 Å². The minimum absolute atomic E-state index is 0.115. The molecule has 1 heterocycles. The number of anilines is 1. The van der Waals surface area contributed by atoms with Crippen LogP contribution in [0.4, 0.5) is 5.69 Å². The number of amides is 1. The molecule has 1 amide bonds. The molecule has 0 radical (unpaired) electrons. The lowest BCUT2D eigenvalue weighted by atomic mass is 9.76. The van der Waals surface area contributed by atoms with E-state index in [0.717, 1.165) is 16.8 Å². The van der Waals surface area contributed by atoms with Gasteiger partial charge >= 0.3 is 0 Å². The Bertz CT molecular complexity index is 760. The van der Waals surface area contributed by atoms with E-state index in [2.05, 4.69) is 5.32 Å². The lowest BCUT2D eigenvalue weighted by molar-refractivity contribution is -0.119. The van der Waals surface area contributed by atoms with Gasteiger partial charge in [-0.05, 0) is 48.9 Å². The van der Waals surface area contributed by atoms with E-state index in [4.69, 9.17) is 21.1 Å². The number of hydrogen-bond donors (Lipinski definition) is 1. The highest BCUT2D eigenvalue weighted by Crippen LogP contribution is 2.47. The number of nitrogens with one attached hydrogen (secondary N) is 1. The van der Waals surface area contributed by atoms with Crippen LogP contribution >= 0.6 is 11.6 Å². The summed E-state index contributed by atoms with van der Waals surface area (Å²) in [6, 6.07) is 10.8. The Kier molecular flexibility index (Phi) is 3.49. The van der Waals surface area contributed by atoms with E-state index in [0.29, 0.717) is 16.5 Å². The van der Waals surface area contributed by atoms with Crippen molar-refractivity contribution < 1.29 is 14.3 Å². The first kappa shape index (κ1) is 14.7. The van der Waals surface area contributed by atoms with Crippen LogP contribution < -0.4 is 14.8 Å². The van der Waals surface area contributed by atoms with Gasteiger partial charge in [-0.1, -0.05) is 11.6 Å². The third kappa shape index (κ3) is 2.03. The van der Waals surface area contributed by atoms with Crippen LogP contribution in [0.3, 0.4) is 0 Å². The van der Waals surface area contributed by atoms with Gasteiger partial charge in [-0.15, -0.1) is 0 Å². The van der Waals surface area contributed by atoms with E-state index in [1.807, 2.05) is 25.1 Å². The van der Waals surface area contributed by atoms with Crippen LogP contribution in [-0.4, -0.2) is 20.1 Å². The molecule has 4 nitrogen and oxygen atoms in total. The van der Waals surface area contributed by atoms with Gasteiger partial charge in [-0.3, -0.25) is 4.79 Å². The lowest BCUT2D eigenvalue weighted by Crippen LogP contribution is -2.32. The Morgan fingerprint density at radius 3 is 2.50 bits per heavy atom. The summed E-state index contributed by atoms with van der Waals surface area (Å²) in [4.78, 5) is 12.7. The fraction of sp³-hybridized carbons (Fsp3) is 0.235. The van der Waals surface area contributed by atoms with Gasteiger partial charge in [0.15, 0.2) is 0 Å². The molecule has 5 heteroatoms. The van der Waals surface area contributed by atoms with Crippen molar-refractivity contribution in [2.24, 2.45) is 0 Å². The molecule has 0 saturated carbocycles. The molecule has 114 valence electrons. The van der Waals surface area contributed by atoms with E-state index in [-0.39, 0.29) is 5.91 Å². The molecule has 1 aliphatic rings. The van der Waals surface area contributed by atoms with Gasteiger partial charge in [0.05, 0.1) is 14.2 Å². The summed E-state index contributed by atoms with van der Waals surface area (Å²) in [5, 5.41) is 3.47. The van der Waals surface area contributed by atoms with Crippen LogP contribution in [0.2, 0.25) is 5.02 Å². The zero-order valence-corrected chi connectivity index (χ0v) is 13.3. The molecule has 0 bridgehead atoms. The summed E-state index contributed by atoms with van der Waals surface area (Å²) in [5.41, 5.74) is 1.46. The largest absolute Gasteiger partial charge is 0.497 e. The smallest absolute Gasteiger partial charge is 0.239 e. The molecule has 0 aliphatic carbocycles. The zero-order chi connectivity index (χ0) is 15.9. The fourth-order valence-corrected chi connectivity index (χ4v) is 3.05. The highest BCUT2D eigenvalue weighted by molar-refractivity contribution is 6.30. The normalized spacial score (nSPS) is 19.5. The predicted octanol–water partition coefficient (Wildman–Crippen LogP) is 3.62. The number of hydrogen-bond acceptors (Lipinski definition) is 3. The molecule has 2 aromatic rings. The Hall–Kier alpha value is -2.20. The van der Waals surface area contributed by atoms with Crippen molar-refractivity contribution in [3.63, 3.8) is 0 Å². The van der Waals surface area contributed by atoms with Crippen LogP contribution in [-0.2, 0) is 10.2 Å². The summed E-state index contributed by atoms with van der Waals surface area (Å²) in [6.45, 7) is 1.86. The van der Waals surface area contributed by atoms with E-state index >= 15 is 0 Å². The number of rotatable bonds is 3. The van der Waals surface area contributed by atoms with Crippen LogP contribution in [0.15, 0.2) is 36.4 Å². The first-order valence-electron chi connectivity index (χ1n) is 6.84. The quantitative estimate of drug-likeness (QED) is 0.940. The molecule has 22 heavy (non-hydrogen) atoms. The SMILES string of the molecule is COc1ccc2c(c1)C(C)(c1cc(Cl)ccc1OC)C(=O)N2. The van der Waals surface area contributed by atoms with Gasteiger partial charge in [0.25, 0.3) is 0 Å². The molecule has 0 saturated heterocycles. The Labute approximate surface area is 134 Å². The molecule has 1 unspecified atom stereocenters. The van der Waals surface area contributed by atoms with Crippen LogP contribution in [0.5, 0.6) is 11.5 Å². The maximum absolute atomic E-state index is 12.7. The highest BCUT2D eigenvalue weighted by atomic mass is 35.5. The van der Waals surface area contributed by atoms with Gasteiger partial charge in [-0.2, -0.15) is 0 Å². The number of carbonyl (C=O) groups excluding carboxylic acids is 1. The molecular formula is C17H16ClNO3. The number of benzene rings is 2. The zero-order valence-electron chi connectivity index (χ0n) is 12.6. The average Bonchev–Trinajstić information content (AvgIpc) is 2.79. The first-order valence-corrected chi connectivity index (χ1v) is 7.22. The third-order valence-corrected chi connectivity index (χ3v) is 4.40. The van der Waals surface area contributed by atoms with Crippen LogP contribution in [0.1, 0.15) is 18.1 Å². The summed E-state index contributed by atoms with van der Waals surface area (Å²) in [5.74, 6) is 1.21. The monoisotopic (exact) mass is 317 g/mol. The van der Waals surface area contributed by atoms with E-state index in [9.17, 15) is 4.79 Å². The average molecular weight is 318 g/mol. The van der Waals surface area contributed by atoms with Crippen molar-refractivity contribution in [2.75, 3.05) is 19.5 Å². The molecule has 0 fully saturated rings. The maximum Gasteiger partial charge on any atom is 0.239 e. The molecule has 1 aliphatic heterocycles. The van der Waals surface area contributed by atoms with Crippen molar-refractivity contribution in [3.05, 3.63) is 52.5 Å². The van der Waals surface area contributed by atoms with E-state index < -0.39 is 5.41 Å². The second-order valence-corrected chi connectivity index (χ2v) is 5.77. The summed E-state index contributed by atoms with van der Waals surface area (Å²) in [6.07, 6.45) is 0. The van der Waals surface area contributed by atoms with Gasteiger partial charge in [0.1, 0.15) is 16.9 Å². The minimum atomic E-state index is -0.889. The number of fused-ring (bicyclic) bond motifs is 1. The van der Waals surface area contributed by atoms with Gasteiger partial charge < -0.3 is 14.8 Å². The van der Waals surface area contributed by atoms with Crippen molar-refractivity contribution in [2.45, 2.75) is 12.3 Å².